The molecule has 0 aliphatic carbocycles. The van der Waals surface area contributed by atoms with E-state index >= 15 is 0 Å². The van der Waals surface area contributed by atoms with E-state index in [9.17, 15) is 0 Å². The molecule has 1 aliphatic heterocycles. The first-order valence-corrected chi connectivity index (χ1v) is 5.37. The van der Waals surface area contributed by atoms with Gasteiger partial charge in [0.25, 0.3) is 0 Å². The first-order valence-electron chi connectivity index (χ1n) is 5.37. The number of benzene rings is 1. The fourth-order valence-electron chi connectivity index (χ4n) is 1.64. The maximum atomic E-state index is 3.26. The Balaban J connectivity index is 2.16. The summed E-state index contributed by atoms with van der Waals surface area (Å²) in [7, 11) is 0. The highest BCUT2D eigenvalue weighted by atomic mass is 15.1. The highest BCUT2D eigenvalue weighted by Gasteiger charge is 2.05. The van der Waals surface area contributed by atoms with Crippen molar-refractivity contribution >= 4 is 5.69 Å². The molecule has 1 aromatic carbocycles. The molecule has 1 aromatic rings. The number of hydrogen-bond acceptors (Lipinski definition) is 2. The van der Waals surface area contributed by atoms with E-state index in [1.54, 1.807) is 0 Å². The van der Waals surface area contributed by atoms with Gasteiger partial charge in [0, 0.05) is 30.0 Å². The van der Waals surface area contributed by atoms with Crippen LogP contribution in [-0.2, 0) is 0 Å². The van der Waals surface area contributed by atoms with Crippen LogP contribution in [-0.4, -0.2) is 0 Å². The summed E-state index contributed by atoms with van der Waals surface area (Å²) >= 11 is 0. The smallest absolute Gasteiger partial charge is 0.0450 e. The molecule has 2 nitrogen and oxygen atoms in total. The SMILES string of the molecule is CCCC1=CN(c2ccccc2)C=CN1. The van der Waals surface area contributed by atoms with Gasteiger partial charge in [-0.2, -0.15) is 0 Å². The molecule has 0 bridgehead atoms. The molecule has 0 fully saturated rings. The molecule has 2 heteroatoms. The van der Waals surface area contributed by atoms with E-state index in [2.05, 4.69) is 47.6 Å². The minimum absolute atomic E-state index is 1.09. The van der Waals surface area contributed by atoms with Crippen molar-refractivity contribution in [3.8, 4) is 0 Å². The van der Waals surface area contributed by atoms with Crippen LogP contribution < -0.4 is 10.2 Å². The van der Waals surface area contributed by atoms with Gasteiger partial charge in [0.15, 0.2) is 0 Å². The maximum absolute atomic E-state index is 3.26. The Kier molecular flexibility index (Phi) is 3.08. The summed E-state index contributed by atoms with van der Waals surface area (Å²) in [5.74, 6) is 0. The van der Waals surface area contributed by atoms with Crippen LogP contribution in [0.2, 0.25) is 0 Å². The molecule has 1 aliphatic rings. The summed E-state index contributed by atoms with van der Waals surface area (Å²) in [6.07, 6.45) is 8.42. The number of nitrogens with one attached hydrogen (secondary N) is 1. The Hall–Kier alpha value is -1.70. The van der Waals surface area contributed by atoms with Gasteiger partial charge in [-0.15, -0.1) is 0 Å². The van der Waals surface area contributed by atoms with Crippen LogP contribution in [0.5, 0.6) is 0 Å². The van der Waals surface area contributed by atoms with Crippen molar-refractivity contribution in [1.82, 2.24) is 5.32 Å². The molecule has 15 heavy (non-hydrogen) atoms. The van der Waals surface area contributed by atoms with Gasteiger partial charge in [-0.05, 0) is 18.6 Å². The molecule has 1 heterocycles. The summed E-state index contributed by atoms with van der Waals surface area (Å²) in [6.45, 7) is 2.19. The lowest BCUT2D eigenvalue weighted by atomic mass is 10.2. The van der Waals surface area contributed by atoms with Gasteiger partial charge in [0.05, 0.1) is 0 Å². The summed E-state index contributed by atoms with van der Waals surface area (Å²) < 4.78 is 0. The Morgan fingerprint density at radius 2 is 2.00 bits per heavy atom. The molecule has 0 radical (unpaired) electrons. The number of para-hydroxylation sites is 1. The molecule has 1 N–H and O–H groups in total. The predicted molar refractivity (Wildman–Crippen MR) is 64.2 cm³/mol. The third kappa shape index (κ3) is 2.40. The van der Waals surface area contributed by atoms with Crippen LogP contribution in [0.1, 0.15) is 19.8 Å². The predicted octanol–water partition coefficient (Wildman–Crippen LogP) is 3.21. The fraction of sp³-hybridized carbons (Fsp3) is 0.231. The first-order chi connectivity index (χ1) is 7.40. The van der Waals surface area contributed by atoms with E-state index in [0.717, 1.165) is 12.8 Å². The van der Waals surface area contributed by atoms with E-state index < -0.39 is 0 Å². The van der Waals surface area contributed by atoms with E-state index in [-0.39, 0.29) is 0 Å². The molecule has 0 amide bonds. The van der Waals surface area contributed by atoms with Crippen LogP contribution in [0, 0.1) is 0 Å². The average Bonchev–Trinajstić information content (AvgIpc) is 2.31. The highest BCUT2D eigenvalue weighted by molar-refractivity contribution is 5.53. The lowest BCUT2D eigenvalue weighted by Crippen LogP contribution is -2.19. The topological polar surface area (TPSA) is 15.3 Å². The van der Waals surface area contributed by atoms with Crippen molar-refractivity contribution in [3.63, 3.8) is 0 Å². The van der Waals surface area contributed by atoms with Crippen LogP contribution in [0.25, 0.3) is 0 Å². The third-order valence-corrected chi connectivity index (χ3v) is 2.37. The zero-order valence-corrected chi connectivity index (χ0v) is 8.98. The lowest BCUT2D eigenvalue weighted by molar-refractivity contribution is 0.819. The van der Waals surface area contributed by atoms with E-state index in [1.807, 2.05) is 18.5 Å². The molecular weight excluding hydrogens is 184 g/mol. The largest absolute Gasteiger partial charge is 0.362 e. The Labute approximate surface area is 90.9 Å². The Bertz CT molecular complexity index is 365. The Morgan fingerprint density at radius 3 is 2.73 bits per heavy atom. The monoisotopic (exact) mass is 200 g/mol. The maximum Gasteiger partial charge on any atom is 0.0450 e. The number of nitrogens with zero attached hydrogens (tertiary/aromatic N) is 1. The normalized spacial score (nSPS) is 14.7. The molecule has 78 valence electrons. The number of hydrogen-bond donors (Lipinski definition) is 1. The van der Waals surface area contributed by atoms with Gasteiger partial charge in [0.1, 0.15) is 0 Å². The minimum Gasteiger partial charge on any atom is -0.362 e. The summed E-state index contributed by atoms with van der Waals surface area (Å²) in [5.41, 5.74) is 2.47. The minimum atomic E-state index is 1.09. The number of rotatable bonds is 3. The molecule has 0 saturated carbocycles. The van der Waals surface area contributed by atoms with E-state index in [4.69, 9.17) is 0 Å². The molecule has 0 atom stereocenters. The zero-order valence-electron chi connectivity index (χ0n) is 8.98. The lowest BCUT2D eigenvalue weighted by Gasteiger charge is -2.22. The molecule has 0 saturated heterocycles. The second kappa shape index (κ2) is 4.69. The highest BCUT2D eigenvalue weighted by Crippen LogP contribution is 2.18. The summed E-state index contributed by atoms with van der Waals surface area (Å²) in [6, 6.07) is 10.4. The molecule has 0 unspecified atom stereocenters. The van der Waals surface area contributed by atoms with Gasteiger partial charge in [0.2, 0.25) is 0 Å². The van der Waals surface area contributed by atoms with Gasteiger partial charge >= 0.3 is 0 Å². The van der Waals surface area contributed by atoms with Gasteiger partial charge < -0.3 is 10.2 Å². The van der Waals surface area contributed by atoms with Crippen molar-refractivity contribution in [2.75, 3.05) is 4.90 Å². The summed E-state index contributed by atoms with van der Waals surface area (Å²) in [4.78, 5) is 2.14. The quantitative estimate of drug-likeness (QED) is 0.806. The van der Waals surface area contributed by atoms with Crippen molar-refractivity contribution in [1.29, 1.82) is 0 Å². The number of allylic oxidation sites excluding steroid dienone is 1. The van der Waals surface area contributed by atoms with Crippen LogP contribution in [0.3, 0.4) is 0 Å². The average molecular weight is 200 g/mol. The van der Waals surface area contributed by atoms with E-state index in [0.29, 0.717) is 0 Å². The van der Waals surface area contributed by atoms with Crippen LogP contribution in [0.15, 0.2) is 54.6 Å². The van der Waals surface area contributed by atoms with Crippen LogP contribution in [0.4, 0.5) is 5.69 Å². The number of anilines is 1. The first kappa shape index (κ1) is 9.84. The Morgan fingerprint density at radius 1 is 1.20 bits per heavy atom. The van der Waals surface area contributed by atoms with Crippen molar-refractivity contribution in [2.45, 2.75) is 19.8 Å². The molecule has 0 spiro atoms. The third-order valence-electron chi connectivity index (χ3n) is 2.37. The fourth-order valence-corrected chi connectivity index (χ4v) is 1.64. The second-order valence-corrected chi connectivity index (χ2v) is 3.61. The standard InChI is InChI=1S/C13H16N2/c1-2-6-12-11-15(10-9-14-12)13-7-4-3-5-8-13/h3-5,7-11,14H,2,6H2,1H3. The van der Waals surface area contributed by atoms with Gasteiger partial charge in [-0.3, -0.25) is 0 Å². The van der Waals surface area contributed by atoms with Crippen molar-refractivity contribution in [2.24, 2.45) is 0 Å². The van der Waals surface area contributed by atoms with Crippen molar-refractivity contribution in [3.05, 3.63) is 54.6 Å². The zero-order chi connectivity index (χ0) is 10.5. The summed E-state index contributed by atoms with van der Waals surface area (Å²) in [5, 5.41) is 3.26. The molecule has 2 rings (SSSR count). The van der Waals surface area contributed by atoms with Gasteiger partial charge in [-0.1, -0.05) is 31.5 Å². The van der Waals surface area contributed by atoms with Crippen molar-refractivity contribution < 1.29 is 0 Å². The second-order valence-electron chi connectivity index (χ2n) is 3.61. The molecule has 0 aromatic heterocycles. The van der Waals surface area contributed by atoms with E-state index in [1.165, 1.54) is 11.4 Å². The van der Waals surface area contributed by atoms with Crippen LogP contribution >= 0.6 is 0 Å². The van der Waals surface area contributed by atoms with Gasteiger partial charge in [-0.25, -0.2) is 0 Å². The molecular formula is C13H16N2.